The minimum absolute atomic E-state index is 0.0484. The number of urea groups is 1. The lowest BCUT2D eigenvalue weighted by Crippen LogP contribution is -2.50. The van der Waals surface area contributed by atoms with Crippen LogP contribution in [0.2, 0.25) is 6.32 Å². The first-order valence-corrected chi connectivity index (χ1v) is 12.8. The molecule has 2 amide bonds. The van der Waals surface area contributed by atoms with Gasteiger partial charge < -0.3 is 19.5 Å². The van der Waals surface area contributed by atoms with Crippen molar-refractivity contribution < 1.29 is 14.1 Å². The molecule has 2 aliphatic heterocycles. The Hall–Kier alpha value is -1.22. The van der Waals surface area contributed by atoms with Crippen molar-refractivity contribution in [3.8, 4) is 0 Å². The number of carbonyl (C=O) groups is 1. The lowest BCUT2D eigenvalue weighted by atomic mass is 9.83. The number of nitrogens with zero attached hydrogens (tertiary/aromatic N) is 1. The largest absolute Gasteiger partial charge is 0.457 e. The Bertz CT molecular complexity index is 812. The zero-order valence-electron chi connectivity index (χ0n) is 18.8. The first-order valence-electron chi connectivity index (χ1n) is 11.9. The maximum Gasteiger partial charge on any atom is 0.457 e. The number of likely N-dealkylation sites (tertiary alicyclic amines) is 1. The standard InChI is InChI=1S/C23H34BN3O3S/c1-23(2)15-29-24(30-23)10-5-11-27-13-18(14-27)31-26-22(28)25-21-19-8-3-6-16(19)12-17-7-4-9-20(17)21/h12,18H,3-11,13-15H2,1-2H3,(H2,25,26,28). The van der Waals surface area contributed by atoms with Crippen LogP contribution in [0.25, 0.3) is 0 Å². The fourth-order valence-corrected chi connectivity index (χ4v) is 6.26. The molecule has 2 saturated heterocycles. The molecule has 6 nitrogen and oxygen atoms in total. The number of amides is 2. The maximum absolute atomic E-state index is 12.6. The highest BCUT2D eigenvalue weighted by molar-refractivity contribution is 7.98. The Morgan fingerprint density at radius 1 is 1.19 bits per heavy atom. The van der Waals surface area contributed by atoms with E-state index in [4.69, 9.17) is 9.31 Å². The molecule has 2 fully saturated rings. The van der Waals surface area contributed by atoms with Crippen LogP contribution in [-0.4, -0.2) is 55.1 Å². The number of nitrogens with one attached hydrogen (secondary N) is 2. The van der Waals surface area contributed by atoms with Gasteiger partial charge >= 0.3 is 13.1 Å². The van der Waals surface area contributed by atoms with E-state index < -0.39 is 0 Å². The van der Waals surface area contributed by atoms with Crippen molar-refractivity contribution in [2.45, 2.75) is 76.0 Å². The number of fused-ring (bicyclic) bond motifs is 2. The van der Waals surface area contributed by atoms with Gasteiger partial charge in [0.2, 0.25) is 0 Å². The molecular weight excluding hydrogens is 409 g/mol. The van der Waals surface area contributed by atoms with Crippen LogP contribution in [0.1, 0.15) is 55.4 Å². The maximum atomic E-state index is 12.6. The highest BCUT2D eigenvalue weighted by atomic mass is 32.2. The van der Waals surface area contributed by atoms with Gasteiger partial charge in [0.05, 0.1) is 17.5 Å². The number of hydrogen-bond donors (Lipinski definition) is 2. The fourth-order valence-electron chi connectivity index (χ4n) is 5.36. The van der Waals surface area contributed by atoms with Crippen LogP contribution in [0.3, 0.4) is 0 Å². The highest BCUT2D eigenvalue weighted by Crippen LogP contribution is 2.38. The SMILES string of the molecule is CC1(C)COB(CCCN2CC(SNC(=O)Nc3c4c(cc5c3CCC5)CCC4)C2)O1. The van der Waals surface area contributed by atoms with E-state index in [9.17, 15) is 4.79 Å². The summed E-state index contributed by atoms with van der Waals surface area (Å²) in [5, 5.41) is 3.69. The van der Waals surface area contributed by atoms with E-state index in [1.807, 2.05) is 0 Å². The van der Waals surface area contributed by atoms with Gasteiger partial charge in [-0.25, -0.2) is 4.79 Å². The summed E-state index contributed by atoms with van der Waals surface area (Å²) in [7, 11) is -0.0484. The van der Waals surface area contributed by atoms with Gasteiger partial charge in [-0.15, -0.1) is 0 Å². The van der Waals surface area contributed by atoms with Crippen LogP contribution in [0.4, 0.5) is 10.5 Å². The number of anilines is 1. The summed E-state index contributed by atoms with van der Waals surface area (Å²) in [6.45, 7) is 7.95. The van der Waals surface area contributed by atoms with Crippen molar-refractivity contribution in [3.05, 3.63) is 28.3 Å². The van der Waals surface area contributed by atoms with Crippen molar-refractivity contribution in [1.82, 2.24) is 9.62 Å². The van der Waals surface area contributed by atoms with E-state index in [0.717, 1.165) is 63.7 Å². The monoisotopic (exact) mass is 443 g/mol. The van der Waals surface area contributed by atoms with E-state index in [2.05, 4.69) is 34.9 Å². The molecule has 0 aromatic heterocycles. The van der Waals surface area contributed by atoms with E-state index in [-0.39, 0.29) is 18.8 Å². The first-order chi connectivity index (χ1) is 15.0. The predicted octanol–water partition coefficient (Wildman–Crippen LogP) is 3.82. The molecule has 8 heteroatoms. The number of rotatable bonds is 7. The molecule has 0 saturated carbocycles. The summed E-state index contributed by atoms with van der Waals surface area (Å²) < 4.78 is 14.6. The van der Waals surface area contributed by atoms with Crippen molar-refractivity contribution in [2.75, 3.05) is 31.6 Å². The molecule has 0 bridgehead atoms. The van der Waals surface area contributed by atoms with E-state index >= 15 is 0 Å². The molecule has 168 valence electrons. The molecule has 1 aromatic carbocycles. The van der Waals surface area contributed by atoms with Crippen LogP contribution in [-0.2, 0) is 35.0 Å². The van der Waals surface area contributed by atoms with Gasteiger partial charge in [-0.2, -0.15) is 0 Å². The molecular formula is C23H34BN3O3S. The number of benzene rings is 1. The summed E-state index contributed by atoms with van der Waals surface area (Å²) in [6.07, 6.45) is 8.94. The lowest BCUT2D eigenvalue weighted by molar-refractivity contribution is 0.135. The summed E-state index contributed by atoms with van der Waals surface area (Å²) in [5.74, 6) is 0. The van der Waals surface area contributed by atoms with Crippen LogP contribution in [0, 0.1) is 0 Å². The van der Waals surface area contributed by atoms with Crippen molar-refractivity contribution in [1.29, 1.82) is 0 Å². The van der Waals surface area contributed by atoms with Gasteiger partial charge in [0.1, 0.15) is 0 Å². The van der Waals surface area contributed by atoms with Crippen LogP contribution in [0.15, 0.2) is 6.07 Å². The second-order valence-corrected chi connectivity index (χ2v) is 11.2. The second-order valence-electron chi connectivity index (χ2n) is 10.0. The second kappa shape index (κ2) is 8.97. The third-order valence-electron chi connectivity index (χ3n) is 6.94. The Labute approximate surface area is 190 Å². The van der Waals surface area contributed by atoms with E-state index in [1.54, 1.807) is 11.9 Å². The first kappa shape index (κ1) is 21.6. The predicted molar refractivity (Wildman–Crippen MR) is 127 cm³/mol. The molecule has 1 aromatic rings. The molecule has 31 heavy (non-hydrogen) atoms. The van der Waals surface area contributed by atoms with Gasteiger partial charge in [-0.05, 0) is 106 Å². The molecule has 2 heterocycles. The van der Waals surface area contributed by atoms with Crippen molar-refractivity contribution >= 4 is 30.8 Å². The summed E-state index contributed by atoms with van der Waals surface area (Å²) in [6, 6.07) is 2.33. The number of carbonyl (C=O) groups excluding carboxylic acids is 1. The number of hydrogen-bond acceptors (Lipinski definition) is 5. The molecule has 2 N–H and O–H groups in total. The molecule has 5 rings (SSSR count). The Balaban J connectivity index is 1.02. The molecule has 0 spiro atoms. The molecule has 0 atom stereocenters. The van der Waals surface area contributed by atoms with Gasteiger partial charge in [-0.1, -0.05) is 6.07 Å². The topological polar surface area (TPSA) is 62.8 Å². The van der Waals surface area contributed by atoms with E-state index in [1.165, 1.54) is 35.1 Å². The quantitative estimate of drug-likeness (QED) is 0.496. The Morgan fingerprint density at radius 2 is 1.90 bits per heavy atom. The third kappa shape index (κ3) is 4.92. The third-order valence-corrected chi connectivity index (χ3v) is 7.87. The summed E-state index contributed by atoms with van der Waals surface area (Å²) in [5.41, 5.74) is 6.65. The van der Waals surface area contributed by atoms with Crippen LogP contribution >= 0.6 is 11.9 Å². The van der Waals surface area contributed by atoms with Crippen LogP contribution < -0.4 is 10.0 Å². The van der Waals surface area contributed by atoms with Gasteiger partial charge in [0, 0.05) is 18.8 Å². The molecule has 0 radical (unpaired) electrons. The lowest BCUT2D eigenvalue weighted by Gasteiger charge is -2.38. The van der Waals surface area contributed by atoms with Gasteiger partial charge in [-0.3, -0.25) is 4.72 Å². The smallest absolute Gasteiger partial charge is 0.408 e. The Kier molecular flexibility index (Phi) is 6.25. The Morgan fingerprint density at radius 3 is 2.55 bits per heavy atom. The van der Waals surface area contributed by atoms with Crippen LogP contribution in [0.5, 0.6) is 0 Å². The molecule has 4 aliphatic rings. The molecule has 2 aliphatic carbocycles. The normalized spacial score (nSPS) is 22.3. The minimum Gasteiger partial charge on any atom is -0.408 e. The summed E-state index contributed by atoms with van der Waals surface area (Å²) in [4.78, 5) is 15.1. The molecule has 0 unspecified atom stereocenters. The van der Waals surface area contributed by atoms with E-state index in [0.29, 0.717) is 11.9 Å². The van der Waals surface area contributed by atoms with Crippen molar-refractivity contribution in [2.24, 2.45) is 0 Å². The highest BCUT2D eigenvalue weighted by Gasteiger charge is 2.36. The zero-order chi connectivity index (χ0) is 21.4. The fraction of sp³-hybridized carbons (Fsp3) is 0.696. The minimum atomic E-state index is -0.144. The van der Waals surface area contributed by atoms with Gasteiger partial charge in [0.15, 0.2) is 0 Å². The average molecular weight is 443 g/mol. The van der Waals surface area contributed by atoms with Gasteiger partial charge in [0.25, 0.3) is 0 Å². The average Bonchev–Trinajstić information content (AvgIpc) is 3.42. The summed E-state index contributed by atoms with van der Waals surface area (Å²) >= 11 is 1.57. The zero-order valence-corrected chi connectivity index (χ0v) is 19.6. The number of aryl methyl sites for hydroxylation is 2. The van der Waals surface area contributed by atoms with Crippen molar-refractivity contribution in [3.63, 3.8) is 0 Å².